The first kappa shape index (κ1) is 17.5. The maximum absolute atomic E-state index is 12.0. The lowest BCUT2D eigenvalue weighted by Crippen LogP contribution is -2.21. The molecule has 0 aliphatic heterocycles. The molecule has 0 spiro atoms. The van der Waals surface area contributed by atoms with Crippen LogP contribution >= 0.6 is 22.9 Å². The van der Waals surface area contributed by atoms with E-state index in [4.69, 9.17) is 16.3 Å². The Bertz CT molecular complexity index is 1120. The van der Waals surface area contributed by atoms with E-state index >= 15 is 0 Å². The quantitative estimate of drug-likeness (QED) is 0.530. The lowest BCUT2D eigenvalue weighted by atomic mass is 10.3. The molecule has 0 fully saturated rings. The van der Waals surface area contributed by atoms with Crippen LogP contribution in [0.1, 0.15) is 16.6 Å². The van der Waals surface area contributed by atoms with E-state index in [-0.39, 0.29) is 5.91 Å². The second kappa shape index (κ2) is 7.38. The monoisotopic (exact) mass is 398 g/mol. The molecule has 0 aliphatic rings. The maximum atomic E-state index is 12.0. The number of rotatable bonds is 5. The van der Waals surface area contributed by atoms with Crippen LogP contribution in [0.15, 0.2) is 54.2 Å². The number of amides is 1. The molecule has 27 heavy (non-hydrogen) atoms. The van der Waals surface area contributed by atoms with Gasteiger partial charge in [0.2, 0.25) is 0 Å². The lowest BCUT2D eigenvalue weighted by Gasteiger charge is -2.07. The zero-order valence-corrected chi connectivity index (χ0v) is 15.9. The summed E-state index contributed by atoms with van der Waals surface area (Å²) in [6.45, 7) is 2.48. The van der Waals surface area contributed by atoms with E-state index in [2.05, 4.69) is 15.4 Å². The second-order valence-corrected chi connectivity index (χ2v) is 7.02. The SMILES string of the molecule is CCNC(=O)c1cc(-n2ncc3cc(Oc4ccccc4Cl)cnc32)cs1. The van der Waals surface area contributed by atoms with Crippen LogP contribution < -0.4 is 10.1 Å². The molecule has 4 aromatic rings. The summed E-state index contributed by atoms with van der Waals surface area (Å²) in [6, 6.07) is 10.9. The Morgan fingerprint density at radius 2 is 2.15 bits per heavy atom. The third-order valence-corrected chi connectivity index (χ3v) is 5.07. The van der Waals surface area contributed by atoms with Gasteiger partial charge >= 0.3 is 0 Å². The van der Waals surface area contributed by atoms with E-state index in [9.17, 15) is 4.79 Å². The van der Waals surface area contributed by atoms with Crippen LogP contribution in [-0.4, -0.2) is 27.2 Å². The molecular formula is C19H15ClN4O2S. The number of nitrogens with zero attached hydrogens (tertiary/aromatic N) is 3. The van der Waals surface area contributed by atoms with Gasteiger partial charge in [-0.15, -0.1) is 11.3 Å². The molecule has 0 aliphatic carbocycles. The molecular weight excluding hydrogens is 384 g/mol. The minimum absolute atomic E-state index is 0.0893. The van der Waals surface area contributed by atoms with Gasteiger partial charge in [-0.1, -0.05) is 23.7 Å². The molecule has 0 saturated carbocycles. The number of nitrogens with one attached hydrogen (secondary N) is 1. The predicted molar refractivity (Wildman–Crippen MR) is 106 cm³/mol. The van der Waals surface area contributed by atoms with Crippen molar-refractivity contribution >= 4 is 39.9 Å². The number of hydrogen-bond donors (Lipinski definition) is 1. The van der Waals surface area contributed by atoms with Gasteiger partial charge in [0.25, 0.3) is 5.91 Å². The number of pyridine rings is 1. The fourth-order valence-electron chi connectivity index (χ4n) is 2.60. The number of ether oxygens (including phenoxy) is 1. The standard InChI is InChI=1S/C19H15ClN4O2S/c1-2-21-19(25)17-8-13(11-27-17)24-18-12(9-23-24)7-14(10-22-18)26-16-6-4-3-5-15(16)20/h3-11H,2H2,1H3,(H,21,25). The lowest BCUT2D eigenvalue weighted by molar-refractivity contribution is 0.0960. The fourth-order valence-corrected chi connectivity index (χ4v) is 3.56. The van der Waals surface area contributed by atoms with Crippen LogP contribution in [0.25, 0.3) is 16.7 Å². The van der Waals surface area contributed by atoms with Crippen molar-refractivity contribution in [2.24, 2.45) is 0 Å². The number of hydrogen-bond acceptors (Lipinski definition) is 5. The minimum atomic E-state index is -0.0893. The van der Waals surface area contributed by atoms with Gasteiger partial charge in [0.05, 0.1) is 28.0 Å². The first-order chi connectivity index (χ1) is 13.2. The molecule has 136 valence electrons. The highest BCUT2D eigenvalue weighted by Gasteiger charge is 2.13. The normalized spacial score (nSPS) is 10.9. The van der Waals surface area contributed by atoms with Crippen LogP contribution in [0.3, 0.4) is 0 Å². The molecule has 0 saturated heterocycles. The molecule has 1 N–H and O–H groups in total. The third kappa shape index (κ3) is 3.51. The van der Waals surface area contributed by atoms with Crippen molar-refractivity contribution < 1.29 is 9.53 Å². The van der Waals surface area contributed by atoms with Crippen molar-refractivity contribution in [2.75, 3.05) is 6.54 Å². The Kier molecular flexibility index (Phi) is 4.79. The molecule has 8 heteroatoms. The van der Waals surface area contributed by atoms with Gasteiger partial charge in [-0.2, -0.15) is 5.10 Å². The van der Waals surface area contributed by atoms with E-state index in [1.165, 1.54) is 11.3 Å². The summed E-state index contributed by atoms with van der Waals surface area (Å²) in [7, 11) is 0. The highest BCUT2D eigenvalue weighted by molar-refractivity contribution is 7.12. The number of para-hydroxylation sites is 1. The Balaban J connectivity index is 1.63. The zero-order chi connectivity index (χ0) is 18.8. The number of thiophene rings is 1. The number of aromatic nitrogens is 3. The molecule has 0 unspecified atom stereocenters. The number of benzene rings is 1. The molecule has 1 amide bonds. The summed E-state index contributed by atoms with van der Waals surface area (Å²) in [5, 5.41) is 10.4. The van der Waals surface area contributed by atoms with E-state index < -0.39 is 0 Å². The molecule has 3 heterocycles. The van der Waals surface area contributed by atoms with E-state index in [0.29, 0.717) is 33.6 Å². The number of carbonyl (C=O) groups excluding carboxylic acids is 1. The van der Waals surface area contributed by atoms with Gasteiger partial charge in [-0.25, -0.2) is 9.67 Å². The molecule has 6 nitrogen and oxygen atoms in total. The van der Waals surface area contributed by atoms with Gasteiger partial charge in [-0.05, 0) is 31.2 Å². The molecule has 0 bridgehead atoms. The minimum Gasteiger partial charge on any atom is -0.454 e. The summed E-state index contributed by atoms with van der Waals surface area (Å²) in [5.41, 5.74) is 1.48. The van der Waals surface area contributed by atoms with Gasteiger partial charge in [-0.3, -0.25) is 4.79 Å². The maximum Gasteiger partial charge on any atom is 0.261 e. The summed E-state index contributed by atoms with van der Waals surface area (Å²) in [6.07, 6.45) is 3.34. The average molecular weight is 399 g/mol. The van der Waals surface area contributed by atoms with Crippen LogP contribution in [0.5, 0.6) is 11.5 Å². The third-order valence-electron chi connectivity index (χ3n) is 3.84. The fraction of sp³-hybridized carbons (Fsp3) is 0.105. The van der Waals surface area contributed by atoms with Crippen molar-refractivity contribution in [3.63, 3.8) is 0 Å². The van der Waals surface area contributed by atoms with Crippen molar-refractivity contribution in [1.82, 2.24) is 20.1 Å². The summed E-state index contributed by atoms with van der Waals surface area (Å²) >= 11 is 7.50. The van der Waals surface area contributed by atoms with Gasteiger partial charge < -0.3 is 10.1 Å². The number of carbonyl (C=O) groups is 1. The number of halogens is 1. The molecule has 4 rings (SSSR count). The smallest absolute Gasteiger partial charge is 0.261 e. The van der Waals surface area contributed by atoms with Crippen LogP contribution in [-0.2, 0) is 0 Å². The molecule has 1 aromatic carbocycles. The van der Waals surface area contributed by atoms with Crippen molar-refractivity contribution in [1.29, 1.82) is 0 Å². The zero-order valence-electron chi connectivity index (χ0n) is 14.3. The predicted octanol–water partition coefficient (Wildman–Crippen LogP) is 4.68. The van der Waals surface area contributed by atoms with E-state index in [0.717, 1.165) is 11.1 Å². The number of fused-ring (bicyclic) bond motifs is 1. The Morgan fingerprint density at radius 3 is 2.96 bits per heavy atom. The molecule has 3 aromatic heterocycles. The first-order valence-corrected chi connectivity index (χ1v) is 9.54. The molecule has 0 atom stereocenters. The van der Waals surface area contributed by atoms with Gasteiger partial charge in [0, 0.05) is 17.3 Å². The summed E-state index contributed by atoms with van der Waals surface area (Å²) in [4.78, 5) is 17.1. The van der Waals surface area contributed by atoms with Crippen LogP contribution in [0.2, 0.25) is 5.02 Å². The Hall–Kier alpha value is -2.90. The van der Waals surface area contributed by atoms with Crippen molar-refractivity contribution in [3.8, 4) is 17.2 Å². The Labute approximate surface area is 164 Å². The summed E-state index contributed by atoms with van der Waals surface area (Å²) < 4.78 is 7.51. The van der Waals surface area contributed by atoms with Crippen LogP contribution in [0, 0.1) is 0 Å². The van der Waals surface area contributed by atoms with E-state index in [1.807, 2.05) is 30.5 Å². The van der Waals surface area contributed by atoms with Crippen molar-refractivity contribution in [3.05, 3.63) is 64.1 Å². The highest BCUT2D eigenvalue weighted by Crippen LogP contribution is 2.30. The largest absolute Gasteiger partial charge is 0.454 e. The van der Waals surface area contributed by atoms with Gasteiger partial charge in [0.1, 0.15) is 11.5 Å². The highest BCUT2D eigenvalue weighted by atomic mass is 35.5. The summed E-state index contributed by atoms with van der Waals surface area (Å²) in [5.74, 6) is 1.05. The topological polar surface area (TPSA) is 69.0 Å². The molecule has 0 radical (unpaired) electrons. The first-order valence-electron chi connectivity index (χ1n) is 8.29. The van der Waals surface area contributed by atoms with Crippen LogP contribution in [0.4, 0.5) is 0 Å². The van der Waals surface area contributed by atoms with Crippen molar-refractivity contribution in [2.45, 2.75) is 6.92 Å². The Morgan fingerprint density at radius 1 is 1.30 bits per heavy atom. The van der Waals surface area contributed by atoms with E-state index in [1.54, 1.807) is 35.3 Å². The second-order valence-electron chi connectivity index (χ2n) is 5.70. The van der Waals surface area contributed by atoms with Gasteiger partial charge in [0.15, 0.2) is 5.65 Å². The average Bonchev–Trinajstić information content (AvgIpc) is 3.30.